The number of carbonyl (C=O) groups excluding carboxylic acids is 1. The topological polar surface area (TPSA) is 66.4 Å². The van der Waals surface area contributed by atoms with Crippen molar-refractivity contribution in [2.24, 2.45) is 0 Å². The molecule has 1 atom stereocenters. The summed E-state index contributed by atoms with van der Waals surface area (Å²) in [5.74, 6) is -0.191. The molecule has 0 rings (SSSR count). The smallest absolute Gasteiger partial charge is 0.327 e. The van der Waals surface area contributed by atoms with E-state index in [1.54, 1.807) is 0 Å². The third-order valence-electron chi connectivity index (χ3n) is 4.27. The van der Waals surface area contributed by atoms with E-state index >= 15 is 0 Å². The summed E-state index contributed by atoms with van der Waals surface area (Å²) in [4.78, 5) is 22.3. The first kappa shape index (κ1) is 27.2. The number of rotatable bonds is 14. The summed E-state index contributed by atoms with van der Waals surface area (Å²) in [6.07, 6.45) is 14.2. The van der Waals surface area contributed by atoms with Crippen molar-refractivity contribution >= 4 is 23.6 Å². The van der Waals surface area contributed by atoms with Gasteiger partial charge in [0.25, 0.3) is 0 Å². The Kier molecular flexibility index (Phi) is 15.1. The molecule has 0 saturated heterocycles. The van der Waals surface area contributed by atoms with Crippen molar-refractivity contribution in [2.45, 2.75) is 79.7 Å². The number of allylic oxidation sites excluding steroid dienone is 7. The Balaban J connectivity index is 4.67. The number of carboxylic acid groups (broad SMARTS) is 1. The predicted molar refractivity (Wildman–Crippen MR) is 126 cm³/mol. The van der Waals surface area contributed by atoms with Crippen LogP contribution in [-0.2, 0) is 9.59 Å². The maximum absolute atomic E-state index is 11.2. The van der Waals surface area contributed by atoms with Crippen molar-refractivity contribution in [3.8, 4) is 0 Å². The summed E-state index contributed by atoms with van der Waals surface area (Å²) in [7, 11) is 0. The second kappa shape index (κ2) is 16.1. The van der Waals surface area contributed by atoms with Gasteiger partial charge < -0.3 is 10.4 Å². The zero-order chi connectivity index (χ0) is 22.2. The summed E-state index contributed by atoms with van der Waals surface area (Å²) in [6.45, 7) is 12.0. The van der Waals surface area contributed by atoms with Crippen LogP contribution in [0.3, 0.4) is 0 Å². The minimum atomic E-state index is -0.991. The molecule has 1 unspecified atom stereocenters. The Morgan fingerprint density at radius 2 is 1.52 bits per heavy atom. The van der Waals surface area contributed by atoms with Crippen molar-refractivity contribution in [1.82, 2.24) is 5.32 Å². The summed E-state index contributed by atoms with van der Waals surface area (Å²) in [5, 5.41) is 11.7. The van der Waals surface area contributed by atoms with Gasteiger partial charge in [0, 0.05) is 18.4 Å². The van der Waals surface area contributed by atoms with E-state index < -0.39 is 12.0 Å². The van der Waals surface area contributed by atoms with E-state index in [1.807, 2.05) is 0 Å². The Morgan fingerprint density at radius 1 is 0.897 bits per heavy atom. The van der Waals surface area contributed by atoms with E-state index in [2.05, 4.69) is 64.2 Å². The van der Waals surface area contributed by atoms with Crippen LogP contribution < -0.4 is 5.32 Å². The maximum atomic E-state index is 11.2. The van der Waals surface area contributed by atoms with Gasteiger partial charge in [-0.1, -0.05) is 46.6 Å². The van der Waals surface area contributed by atoms with Gasteiger partial charge in [-0.3, -0.25) is 4.79 Å². The van der Waals surface area contributed by atoms with E-state index in [4.69, 9.17) is 0 Å². The van der Waals surface area contributed by atoms with Crippen molar-refractivity contribution < 1.29 is 14.7 Å². The molecular formula is C24H39NO3S. The van der Waals surface area contributed by atoms with Gasteiger partial charge in [0.15, 0.2) is 0 Å². The predicted octanol–water partition coefficient (Wildman–Crippen LogP) is 6.06. The fraction of sp³-hybridized carbons (Fsp3) is 0.583. The standard InChI is InChI=1S/C24H39NO3S/c1-18(2)9-7-10-20(5)11-8-12-22(14-13-19(3)4)15-16-29-17-23(24(27)28)25-21(6)26/h9,11,13,15,23H,7-8,10,12,14,16-17H2,1-6H3,(H,25,26)(H,27,28)/b20-11+,22-15-. The molecule has 0 fully saturated rings. The van der Waals surface area contributed by atoms with Crippen molar-refractivity contribution in [3.05, 3.63) is 46.6 Å². The summed E-state index contributed by atoms with van der Waals surface area (Å²) < 4.78 is 0. The molecule has 0 aromatic heterocycles. The van der Waals surface area contributed by atoms with Crippen molar-refractivity contribution in [1.29, 1.82) is 0 Å². The second-order valence-corrected chi connectivity index (χ2v) is 8.96. The molecule has 164 valence electrons. The van der Waals surface area contributed by atoms with Crippen LogP contribution in [-0.4, -0.2) is 34.5 Å². The molecule has 1 amide bonds. The lowest BCUT2D eigenvalue weighted by atomic mass is 10.0. The number of hydrogen-bond donors (Lipinski definition) is 2. The highest BCUT2D eigenvalue weighted by atomic mass is 32.2. The molecule has 0 aromatic rings. The molecule has 0 radical (unpaired) electrons. The molecule has 0 aliphatic carbocycles. The molecule has 4 nitrogen and oxygen atoms in total. The van der Waals surface area contributed by atoms with Crippen LogP contribution in [0.2, 0.25) is 0 Å². The minimum Gasteiger partial charge on any atom is -0.480 e. The van der Waals surface area contributed by atoms with Crippen LogP contribution in [0, 0.1) is 0 Å². The van der Waals surface area contributed by atoms with Crippen LogP contribution in [0.15, 0.2) is 46.6 Å². The van der Waals surface area contributed by atoms with Crippen molar-refractivity contribution in [2.75, 3.05) is 11.5 Å². The highest BCUT2D eigenvalue weighted by Crippen LogP contribution is 2.17. The number of carbonyl (C=O) groups is 2. The Hall–Kier alpha value is -1.75. The first-order valence-electron chi connectivity index (χ1n) is 10.3. The van der Waals surface area contributed by atoms with Crippen LogP contribution in [0.5, 0.6) is 0 Å². The molecule has 0 bridgehead atoms. The fourth-order valence-electron chi connectivity index (χ4n) is 2.60. The second-order valence-electron chi connectivity index (χ2n) is 7.89. The number of aliphatic carboxylic acids is 1. The quantitative estimate of drug-likeness (QED) is 0.264. The first-order valence-corrected chi connectivity index (χ1v) is 11.4. The van der Waals surface area contributed by atoms with Crippen molar-refractivity contribution in [3.63, 3.8) is 0 Å². The number of hydrogen-bond acceptors (Lipinski definition) is 3. The molecule has 0 spiro atoms. The van der Waals surface area contributed by atoms with Gasteiger partial charge >= 0.3 is 5.97 Å². The summed E-state index contributed by atoms with van der Waals surface area (Å²) >= 11 is 1.53. The molecule has 0 heterocycles. The van der Waals surface area contributed by atoms with Gasteiger partial charge in [0.05, 0.1) is 0 Å². The lowest BCUT2D eigenvalue weighted by Crippen LogP contribution is -2.41. The lowest BCUT2D eigenvalue weighted by molar-refractivity contribution is -0.140. The lowest BCUT2D eigenvalue weighted by Gasteiger charge is -2.12. The SMILES string of the molecule is CC(=O)NC(CSC/C=C(\CC=C(C)C)CC/C=C(\C)CCC=C(C)C)C(=O)O. The normalized spacial score (nSPS) is 12.9. The molecule has 0 aromatic carbocycles. The van der Waals surface area contributed by atoms with Crippen LogP contribution in [0.1, 0.15) is 73.6 Å². The van der Waals surface area contributed by atoms with Gasteiger partial charge in [0.2, 0.25) is 5.91 Å². The third-order valence-corrected chi connectivity index (χ3v) is 5.24. The summed E-state index contributed by atoms with van der Waals surface area (Å²) in [5.41, 5.74) is 5.47. The molecule has 0 aliphatic rings. The average Bonchev–Trinajstić information content (AvgIpc) is 2.60. The molecular weight excluding hydrogens is 382 g/mol. The monoisotopic (exact) mass is 421 g/mol. The Labute approximate surface area is 181 Å². The van der Waals surface area contributed by atoms with Crippen LogP contribution >= 0.6 is 11.8 Å². The van der Waals surface area contributed by atoms with E-state index in [-0.39, 0.29) is 5.91 Å². The zero-order valence-corrected chi connectivity index (χ0v) is 19.8. The van der Waals surface area contributed by atoms with Gasteiger partial charge in [-0.25, -0.2) is 4.79 Å². The van der Waals surface area contributed by atoms with E-state index in [0.29, 0.717) is 5.75 Å². The maximum Gasteiger partial charge on any atom is 0.327 e. The molecule has 0 saturated carbocycles. The first-order chi connectivity index (χ1) is 13.6. The summed E-state index contributed by atoms with van der Waals surface area (Å²) in [6, 6.07) is -0.835. The van der Waals surface area contributed by atoms with Gasteiger partial charge in [0.1, 0.15) is 6.04 Å². The van der Waals surface area contributed by atoms with Crippen LogP contribution in [0.4, 0.5) is 0 Å². The average molecular weight is 422 g/mol. The van der Waals surface area contributed by atoms with E-state index in [9.17, 15) is 14.7 Å². The van der Waals surface area contributed by atoms with Gasteiger partial charge in [-0.15, -0.1) is 0 Å². The molecule has 29 heavy (non-hydrogen) atoms. The Morgan fingerprint density at radius 3 is 2.07 bits per heavy atom. The van der Waals surface area contributed by atoms with E-state index in [0.717, 1.165) is 37.9 Å². The molecule has 5 heteroatoms. The van der Waals surface area contributed by atoms with Gasteiger partial charge in [-0.05, 0) is 66.7 Å². The fourth-order valence-corrected chi connectivity index (χ4v) is 3.55. The highest BCUT2D eigenvalue weighted by Gasteiger charge is 2.17. The molecule has 0 aliphatic heterocycles. The number of thioether (sulfide) groups is 1. The zero-order valence-electron chi connectivity index (χ0n) is 19.0. The van der Waals surface area contributed by atoms with Gasteiger partial charge in [-0.2, -0.15) is 11.8 Å². The minimum absolute atomic E-state index is 0.315. The number of nitrogens with one attached hydrogen (secondary N) is 1. The Bertz CT molecular complexity index is 637. The highest BCUT2D eigenvalue weighted by molar-refractivity contribution is 7.99. The van der Waals surface area contributed by atoms with Crippen LogP contribution in [0.25, 0.3) is 0 Å². The number of carboxylic acids is 1. The number of amides is 1. The van der Waals surface area contributed by atoms with E-state index in [1.165, 1.54) is 41.0 Å². The molecule has 2 N–H and O–H groups in total. The largest absolute Gasteiger partial charge is 0.480 e. The third kappa shape index (κ3) is 16.9.